The Balaban J connectivity index is 1.52. The van der Waals surface area contributed by atoms with Gasteiger partial charge in [0.05, 0.1) is 12.7 Å². The van der Waals surface area contributed by atoms with Crippen LogP contribution in [0, 0.1) is 6.92 Å². The third kappa shape index (κ3) is 4.65. The number of hydrogen-bond acceptors (Lipinski definition) is 5. The Morgan fingerprint density at radius 2 is 2.15 bits per heavy atom. The fraction of sp³-hybridized carbons (Fsp3) is 0.421. The van der Waals surface area contributed by atoms with Crippen molar-refractivity contribution in [3.8, 4) is 11.5 Å². The molecule has 1 aliphatic rings. The molecule has 0 unspecified atom stereocenters. The first-order valence-electron chi connectivity index (χ1n) is 9.00. The average Bonchev–Trinajstić information content (AvgIpc) is 3.12. The van der Waals surface area contributed by atoms with Gasteiger partial charge in [-0.15, -0.1) is 0 Å². The molecule has 1 fully saturated rings. The second kappa shape index (κ2) is 8.22. The van der Waals surface area contributed by atoms with Gasteiger partial charge in [-0.3, -0.25) is 9.69 Å². The molecule has 2 aromatic rings. The van der Waals surface area contributed by atoms with E-state index in [4.69, 9.17) is 9.52 Å². The molecule has 144 valence electrons. The van der Waals surface area contributed by atoms with Crippen molar-refractivity contribution >= 4 is 17.7 Å². The molecule has 2 amide bonds. The molecular formula is C19H24N4O4. The zero-order valence-corrected chi connectivity index (χ0v) is 15.4. The Hall–Kier alpha value is -2.87. The number of carbonyl (C=O) groups excluding carboxylic acids is 1. The first-order valence-corrected chi connectivity index (χ1v) is 9.00. The highest BCUT2D eigenvalue weighted by Gasteiger charge is 2.34. The van der Waals surface area contributed by atoms with E-state index >= 15 is 0 Å². The molecular weight excluding hydrogens is 348 g/mol. The van der Waals surface area contributed by atoms with Crippen LogP contribution in [0.2, 0.25) is 0 Å². The molecule has 1 aromatic carbocycles. The molecule has 0 bridgehead atoms. The minimum absolute atomic E-state index is 0.0348. The van der Waals surface area contributed by atoms with Gasteiger partial charge in [-0.1, -0.05) is 13.0 Å². The number of aromatic nitrogens is 1. The quantitative estimate of drug-likeness (QED) is 0.690. The number of carboxylic acids is 1. The number of likely N-dealkylation sites (N-methyl/N-ethyl adjacent to an activating group) is 1. The summed E-state index contributed by atoms with van der Waals surface area (Å²) in [5.41, 5.74) is 2.49. The second-order valence-corrected chi connectivity index (χ2v) is 6.74. The molecule has 0 radical (unpaired) electrons. The van der Waals surface area contributed by atoms with Gasteiger partial charge in [-0.05, 0) is 44.0 Å². The van der Waals surface area contributed by atoms with E-state index in [1.807, 2.05) is 36.9 Å². The number of urea groups is 1. The Bertz CT molecular complexity index is 800. The van der Waals surface area contributed by atoms with Gasteiger partial charge >= 0.3 is 12.0 Å². The molecule has 0 aliphatic heterocycles. The molecule has 8 heteroatoms. The van der Waals surface area contributed by atoms with Crippen LogP contribution in [0.5, 0.6) is 0 Å². The smallest absolute Gasteiger partial charge is 0.319 e. The number of aryl methyl sites for hydroxylation is 1. The normalized spacial score (nSPS) is 18.8. The Labute approximate surface area is 157 Å². The van der Waals surface area contributed by atoms with Crippen LogP contribution in [0.25, 0.3) is 11.5 Å². The van der Waals surface area contributed by atoms with Crippen LogP contribution in [0.3, 0.4) is 0 Å². The largest absolute Gasteiger partial charge is 0.480 e. The number of amides is 2. The summed E-state index contributed by atoms with van der Waals surface area (Å²) >= 11 is 0. The minimum atomic E-state index is -0.827. The molecule has 0 spiro atoms. The van der Waals surface area contributed by atoms with Crippen molar-refractivity contribution in [1.29, 1.82) is 0 Å². The maximum atomic E-state index is 12.3. The molecule has 3 N–H and O–H groups in total. The van der Waals surface area contributed by atoms with Crippen LogP contribution in [0.4, 0.5) is 10.5 Å². The topological polar surface area (TPSA) is 108 Å². The molecule has 1 aliphatic carbocycles. The van der Waals surface area contributed by atoms with Crippen LogP contribution < -0.4 is 10.6 Å². The average molecular weight is 372 g/mol. The SMILES string of the molecule is CCN(CC(=O)O)C1CC(NC(=O)Nc2ccc(C)c(-c3ncco3)c2)C1. The van der Waals surface area contributed by atoms with Gasteiger partial charge in [-0.2, -0.15) is 0 Å². The second-order valence-electron chi connectivity index (χ2n) is 6.74. The summed E-state index contributed by atoms with van der Waals surface area (Å²) in [7, 11) is 0. The lowest BCUT2D eigenvalue weighted by Crippen LogP contribution is -2.55. The van der Waals surface area contributed by atoms with Crippen molar-refractivity contribution in [3.05, 3.63) is 36.2 Å². The van der Waals surface area contributed by atoms with Crippen LogP contribution in [0.1, 0.15) is 25.3 Å². The Morgan fingerprint density at radius 3 is 2.78 bits per heavy atom. The van der Waals surface area contributed by atoms with Crippen molar-refractivity contribution in [3.63, 3.8) is 0 Å². The zero-order valence-electron chi connectivity index (χ0n) is 15.4. The molecule has 3 rings (SSSR count). The monoisotopic (exact) mass is 372 g/mol. The lowest BCUT2D eigenvalue weighted by Gasteiger charge is -2.42. The van der Waals surface area contributed by atoms with E-state index in [9.17, 15) is 9.59 Å². The third-order valence-corrected chi connectivity index (χ3v) is 4.87. The number of oxazole rings is 1. The van der Waals surface area contributed by atoms with Crippen LogP contribution in [-0.2, 0) is 4.79 Å². The van der Waals surface area contributed by atoms with Crippen LogP contribution in [-0.4, -0.2) is 52.2 Å². The number of hydrogen-bond donors (Lipinski definition) is 3. The molecule has 8 nitrogen and oxygen atoms in total. The predicted octanol–water partition coefficient (Wildman–Crippen LogP) is 2.71. The van der Waals surface area contributed by atoms with Crippen LogP contribution in [0.15, 0.2) is 35.1 Å². The van der Waals surface area contributed by atoms with E-state index in [2.05, 4.69) is 15.6 Å². The summed E-state index contributed by atoms with van der Waals surface area (Å²) in [5, 5.41) is 14.7. The first kappa shape index (κ1) is 18.9. The third-order valence-electron chi connectivity index (χ3n) is 4.87. The zero-order chi connectivity index (χ0) is 19.4. The molecule has 27 heavy (non-hydrogen) atoms. The standard InChI is InChI=1S/C19H24N4O4/c1-3-23(11-17(24)25)15-8-14(9-15)22-19(26)21-13-5-4-12(2)16(10-13)18-20-6-7-27-18/h4-7,10,14-15H,3,8-9,11H2,1-2H3,(H,24,25)(H2,21,22,26). The molecule has 1 saturated carbocycles. The molecule has 1 aromatic heterocycles. The number of carboxylic acid groups (broad SMARTS) is 1. The van der Waals surface area contributed by atoms with Crippen molar-refractivity contribution in [2.45, 2.75) is 38.8 Å². The number of nitrogens with one attached hydrogen (secondary N) is 2. The van der Waals surface area contributed by atoms with Crippen molar-refractivity contribution < 1.29 is 19.1 Å². The lowest BCUT2D eigenvalue weighted by atomic mass is 9.85. The van der Waals surface area contributed by atoms with Gasteiger partial charge in [0, 0.05) is 23.3 Å². The number of carbonyl (C=O) groups is 2. The fourth-order valence-corrected chi connectivity index (χ4v) is 3.32. The summed E-state index contributed by atoms with van der Waals surface area (Å²) in [6, 6.07) is 5.54. The van der Waals surface area contributed by atoms with Gasteiger partial charge in [0.2, 0.25) is 5.89 Å². The predicted molar refractivity (Wildman–Crippen MR) is 101 cm³/mol. The van der Waals surface area contributed by atoms with E-state index in [0.717, 1.165) is 24.0 Å². The summed E-state index contributed by atoms with van der Waals surface area (Å²) in [5.74, 6) is -0.316. The maximum Gasteiger partial charge on any atom is 0.319 e. The van der Waals surface area contributed by atoms with Crippen molar-refractivity contribution in [1.82, 2.24) is 15.2 Å². The summed E-state index contributed by atoms with van der Waals surface area (Å²) < 4.78 is 5.34. The molecule has 1 heterocycles. The highest BCUT2D eigenvalue weighted by molar-refractivity contribution is 5.90. The Kier molecular flexibility index (Phi) is 5.75. The summed E-state index contributed by atoms with van der Waals surface area (Å²) in [4.78, 5) is 29.2. The van der Waals surface area contributed by atoms with E-state index in [1.54, 1.807) is 6.20 Å². The summed E-state index contributed by atoms with van der Waals surface area (Å²) in [6.07, 6.45) is 4.60. The number of aliphatic carboxylic acids is 1. The number of nitrogens with zero attached hydrogens (tertiary/aromatic N) is 2. The molecule has 0 atom stereocenters. The van der Waals surface area contributed by atoms with Gasteiger partial charge < -0.3 is 20.2 Å². The maximum absolute atomic E-state index is 12.3. The molecule has 0 saturated heterocycles. The van der Waals surface area contributed by atoms with Gasteiger partial charge in [0.25, 0.3) is 0 Å². The minimum Gasteiger partial charge on any atom is -0.480 e. The fourth-order valence-electron chi connectivity index (χ4n) is 3.32. The van der Waals surface area contributed by atoms with Crippen LogP contribution >= 0.6 is 0 Å². The first-order chi connectivity index (χ1) is 13.0. The van der Waals surface area contributed by atoms with E-state index in [1.165, 1.54) is 6.26 Å². The van der Waals surface area contributed by atoms with E-state index < -0.39 is 5.97 Å². The van der Waals surface area contributed by atoms with E-state index in [-0.39, 0.29) is 24.7 Å². The highest BCUT2D eigenvalue weighted by Crippen LogP contribution is 2.27. The van der Waals surface area contributed by atoms with Crippen molar-refractivity contribution in [2.75, 3.05) is 18.4 Å². The van der Waals surface area contributed by atoms with E-state index in [0.29, 0.717) is 18.1 Å². The van der Waals surface area contributed by atoms with Gasteiger partial charge in [0.15, 0.2) is 0 Å². The van der Waals surface area contributed by atoms with Crippen molar-refractivity contribution in [2.24, 2.45) is 0 Å². The van der Waals surface area contributed by atoms with Gasteiger partial charge in [0.1, 0.15) is 6.26 Å². The number of anilines is 1. The Morgan fingerprint density at radius 1 is 1.37 bits per heavy atom. The highest BCUT2D eigenvalue weighted by atomic mass is 16.4. The number of rotatable bonds is 7. The lowest BCUT2D eigenvalue weighted by molar-refractivity contribution is -0.139. The summed E-state index contributed by atoms with van der Waals surface area (Å²) in [6.45, 7) is 4.61. The number of benzene rings is 1. The van der Waals surface area contributed by atoms with Gasteiger partial charge in [-0.25, -0.2) is 9.78 Å².